The number of rotatable bonds is 3. The molecule has 0 bridgehead atoms. The van der Waals surface area contributed by atoms with Gasteiger partial charge in [0.1, 0.15) is 0 Å². The lowest BCUT2D eigenvalue weighted by atomic mass is 9.80. The van der Waals surface area contributed by atoms with Crippen molar-refractivity contribution in [3.05, 3.63) is 29.6 Å². The molecule has 1 fully saturated rings. The summed E-state index contributed by atoms with van der Waals surface area (Å²) in [4.78, 5) is 7.01. The third kappa shape index (κ3) is 2.82. The van der Waals surface area contributed by atoms with E-state index >= 15 is 0 Å². The first kappa shape index (κ1) is 13.1. The Morgan fingerprint density at radius 1 is 1.42 bits per heavy atom. The largest absolute Gasteiger partial charge is 0.308 e. The van der Waals surface area contributed by atoms with Crippen molar-refractivity contribution < 1.29 is 0 Å². The first-order valence-electron chi connectivity index (χ1n) is 7.52. The minimum absolute atomic E-state index is 0.462. The van der Waals surface area contributed by atoms with Crippen molar-refractivity contribution in [3.8, 4) is 0 Å². The first-order valence-corrected chi connectivity index (χ1v) is 7.52. The second-order valence-electron chi connectivity index (χ2n) is 6.63. The SMILES string of the molecule is CN1CCC(C)(CNC2CCc3cccnc32)CC1. The highest BCUT2D eigenvalue weighted by Crippen LogP contribution is 2.33. The van der Waals surface area contributed by atoms with Gasteiger partial charge in [-0.3, -0.25) is 4.98 Å². The second kappa shape index (κ2) is 5.22. The molecule has 1 aromatic rings. The number of hydrogen-bond donors (Lipinski definition) is 1. The molecule has 3 rings (SSSR count). The normalized spacial score (nSPS) is 26.3. The van der Waals surface area contributed by atoms with Crippen molar-refractivity contribution in [2.24, 2.45) is 5.41 Å². The lowest BCUT2D eigenvalue weighted by molar-refractivity contribution is 0.133. The molecule has 1 unspecified atom stereocenters. The number of aromatic nitrogens is 1. The molecule has 2 aliphatic rings. The molecule has 19 heavy (non-hydrogen) atoms. The van der Waals surface area contributed by atoms with Crippen LogP contribution in [-0.4, -0.2) is 36.6 Å². The molecular formula is C16H25N3. The van der Waals surface area contributed by atoms with Crippen LogP contribution in [0.4, 0.5) is 0 Å². The molecule has 0 saturated carbocycles. The van der Waals surface area contributed by atoms with Gasteiger partial charge in [-0.05, 0) is 62.9 Å². The van der Waals surface area contributed by atoms with Crippen LogP contribution in [-0.2, 0) is 6.42 Å². The zero-order valence-electron chi connectivity index (χ0n) is 12.2. The monoisotopic (exact) mass is 259 g/mol. The van der Waals surface area contributed by atoms with Gasteiger partial charge in [0.2, 0.25) is 0 Å². The van der Waals surface area contributed by atoms with E-state index in [0.29, 0.717) is 11.5 Å². The number of nitrogens with zero attached hydrogens (tertiary/aromatic N) is 2. The summed E-state index contributed by atoms with van der Waals surface area (Å²) >= 11 is 0. The number of piperidine rings is 1. The van der Waals surface area contributed by atoms with E-state index in [1.807, 2.05) is 6.20 Å². The van der Waals surface area contributed by atoms with E-state index in [1.54, 1.807) is 0 Å². The summed E-state index contributed by atoms with van der Waals surface area (Å²) < 4.78 is 0. The Hall–Kier alpha value is -0.930. The summed E-state index contributed by atoms with van der Waals surface area (Å²) in [7, 11) is 2.23. The number of fused-ring (bicyclic) bond motifs is 1. The third-order valence-corrected chi connectivity index (χ3v) is 4.93. The maximum atomic E-state index is 4.57. The molecule has 3 heteroatoms. The summed E-state index contributed by atoms with van der Waals surface area (Å²) in [6.45, 7) is 6.03. The van der Waals surface area contributed by atoms with Gasteiger partial charge in [0, 0.05) is 12.7 Å². The predicted molar refractivity (Wildman–Crippen MR) is 78.1 cm³/mol. The van der Waals surface area contributed by atoms with Gasteiger partial charge >= 0.3 is 0 Å². The van der Waals surface area contributed by atoms with E-state index in [9.17, 15) is 0 Å². The van der Waals surface area contributed by atoms with Gasteiger partial charge in [-0.1, -0.05) is 13.0 Å². The number of hydrogen-bond acceptors (Lipinski definition) is 3. The van der Waals surface area contributed by atoms with Crippen LogP contribution in [0.25, 0.3) is 0 Å². The minimum atomic E-state index is 0.462. The van der Waals surface area contributed by atoms with Crippen LogP contribution in [0, 0.1) is 5.41 Å². The average molecular weight is 259 g/mol. The van der Waals surface area contributed by atoms with Gasteiger partial charge in [-0.15, -0.1) is 0 Å². The number of aryl methyl sites for hydroxylation is 1. The third-order valence-electron chi connectivity index (χ3n) is 4.93. The molecular weight excluding hydrogens is 234 g/mol. The fourth-order valence-electron chi connectivity index (χ4n) is 3.32. The highest BCUT2D eigenvalue weighted by molar-refractivity contribution is 5.27. The Balaban J connectivity index is 1.59. The van der Waals surface area contributed by atoms with E-state index in [0.717, 1.165) is 6.54 Å². The predicted octanol–water partition coefficient (Wildman–Crippen LogP) is 2.39. The van der Waals surface area contributed by atoms with Gasteiger partial charge < -0.3 is 10.2 Å². The Kier molecular flexibility index (Phi) is 3.59. The molecule has 0 spiro atoms. The fourth-order valence-corrected chi connectivity index (χ4v) is 3.32. The molecule has 2 heterocycles. The van der Waals surface area contributed by atoms with Crippen molar-refractivity contribution >= 4 is 0 Å². The molecule has 0 aromatic carbocycles. The zero-order chi connectivity index (χ0) is 13.3. The van der Waals surface area contributed by atoms with Crippen LogP contribution in [0.5, 0.6) is 0 Å². The van der Waals surface area contributed by atoms with E-state index in [2.05, 4.69) is 41.3 Å². The molecule has 1 N–H and O–H groups in total. The Labute approximate surface area is 116 Å². The number of likely N-dealkylation sites (tertiary alicyclic amines) is 1. The van der Waals surface area contributed by atoms with Crippen LogP contribution in [0.3, 0.4) is 0 Å². The summed E-state index contributed by atoms with van der Waals surface area (Å²) in [5, 5.41) is 3.78. The van der Waals surface area contributed by atoms with Gasteiger partial charge in [-0.25, -0.2) is 0 Å². The zero-order valence-corrected chi connectivity index (χ0v) is 12.2. The highest BCUT2D eigenvalue weighted by Gasteiger charge is 2.31. The van der Waals surface area contributed by atoms with Gasteiger partial charge in [0.15, 0.2) is 0 Å². The molecule has 1 atom stereocenters. The van der Waals surface area contributed by atoms with Crippen LogP contribution >= 0.6 is 0 Å². The molecule has 1 aliphatic carbocycles. The van der Waals surface area contributed by atoms with E-state index in [-0.39, 0.29) is 0 Å². The van der Waals surface area contributed by atoms with Crippen LogP contribution < -0.4 is 5.32 Å². The Morgan fingerprint density at radius 2 is 2.21 bits per heavy atom. The lowest BCUT2D eigenvalue weighted by Gasteiger charge is -2.38. The average Bonchev–Trinajstić information content (AvgIpc) is 2.84. The molecule has 1 aliphatic heterocycles. The minimum Gasteiger partial charge on any atom is -0.308 e. The van der Waals surface area contributed by atoms with Gasteiger partial charge in [0.05, 0.1) is 11.7 Å². The topological polar surface area (TPSA) is 28.2 Å². The van der Waals surface area contributed by atoms with Crippen LogP contribution in [0.1, 0.15) is 43.5 Å². The maximum absolute atomic E-state index is 4.57. The molecule has 104 valence electrons. The van der Waals surface area contributed by atoms with E-state index < -0.39 is 0 Å². The molecule has 1 saturated heterocycles. The number of nitrogens with one attached hydrogen (secondary N) is 1. The fraction of sp³-hybridized carbons (Fsp3) is 0.688. The van der Waals surface area contributed by atoms with Crippen molar-refractivity contribution in [1.29, 1.82) is 0 Å². The van der Waals surface area contributed by atoms with Crippen molar-refractivity contribution in [3.63, 3.8) is 0 Å². The van der Waals surface area contributed by atoms with Crippen molar-refractivity contribution in [2.45, 2.75) is 38.6 Å². The van der Waals surface area contributed by atoms with E-state index in [1.165, 1.54) is 50.0 Å². The van der Waals surface area contributed by atoms with E-state index in [4.69, 9.17) is 0 Å². The Morgan fingerprint density at radius 3 is 3.00 bits per heavy atom. The summed E-state index contributed by atoms with van der Waals surface area (Å²) in [5.74, 6) is 0. The second-order valence-corrected chi connectivity index (χ2v) is 6.63. The summed E-state index contributed by atoms with van der Waals surface area (Å²) in [5.41, 5.74) is 3.19. The smallest absolute Gasteiger partial charge is 0.0605 e. The van der Waals surface area contributed by atoms with Crippen molar-refractivity contribution in [1.82, 2.24) is 15.2 Å². The van der Waals surface area contributed by atoms with Crippen LogP contribution in [0.2, 0.25) is 0 Å². The van der Waals surface area contributed by atoms with Gasteiger partial charge in [-0.2, -0.15) is 0 Å². The summed E-state index contributed by atoms with van der Waals surface area (Å²) in [6, 6.07) is 4.76. The lowest BCUT2D eigenvalue weighted by Crippen LogP contribution is -2.42. The molecule has 3 nitrogen and oxygen atoms in total. The molecule has 0 amide bonds. The highest BCUT2D eigenvalue weighted by atomic mass is 15.1. The maximum Gasteiger partial charge on any atom is 0.0605 e. The van der Waals surface area contributed by atoms with Gasteiger partial charge in [0.25, 0.3) is 0 Å². The summed E-state index contributed by atoms with van der Waals surface area (Å²) in [6.07, 6.45) is 6.93. The van der Waals surface area contributed by atoms with Crippen molar-refractivity contribution in [2.75, 3.05) is 26.7 Å². The molecule has 0 radical (unpaired) electrons. The molecule has 1 aromatic heterocycles. The number of pyridine rings is 1. The first-order chi connectivity index (χ1) is 9.16. The quantitative estimate of drug-likeness (QED) is 0.903. The standard InChI is InChI=1S/C16H25N3/c1-16(7-10-19(2)11-8-16)12-18-14-6-5-13-4-3-9-17-15(13)14/h3-4,9,14,18H,5-8,10-12H2,1-2H3. The van der Waals surface area contributed by atoms with Crippen LogP contribution in [0.15, 0.2) is 18.3 Å². The Bertz CT molecular complexity index is 435.